The van der Waals surface area contributed by atoms with Crippen molar-refractivity contribution in [3.05, 3.63) is 69.5 Å². The normalized spacial score (nSPS) is 14.7. The van der Waals surface area contributed by atoms with E-state index < -0.39 is 11.9 Å². The molecule has 1 aliphatic heterocycles. The van der Waals surface area contributed by atoms with Gasteiger partial charge in [-0.05, 0) is 36.9 Å². The van der Waals surface area contributed by atoms with E-state index in [1.807, 2.05) is 7.05 Å². The maximum atomic E-state index is 13.5. The molecule has 2 aromatic heterocycles. The first kappa shape index (κ1) is 25.2. The van der Waals surface area contributed by atoms with E-state index in [9.17, 15) is 18.0 Å². The molecule has 1 aliphatic rings. The zero-order valence-corrected chi connectivity index (χ0v) is 20.1. The molecule has 1 N–H and O–H groups in total. The summed E-state index contributed by atoms with van der Waals surface area (Å²) in [5.41, 5.74) is -0.263. The minimum atomic E-state index is -4.64. The third-order valence-corrected chi connectivity index (χ3v) is 6.11. The van der Waals surface area contributed by atoms with Gasteiger partial charge in [-0.3, -0.25) is 4.79 Å². The Morgan fingerprint density at radius 1 is 1.03 bits per heavy atom. The Morgan fingerprint density at radius 3 is 2.37 bits per heavy atom. The number of piperazine rings is 1. The summed E-state index contributed by atoms with van der Waals surface area (Å²) in [4.78, 5) is 28.8. The summed E-state index contributed by atoms with van der Waals surface area (Å²) in [6.07, 6.45) is -3.21. The number of nitrogens with zero attached hydrogens (tertiary/aromatic N) is 5. The van der Waals surface area contributed by atoms with Crippen molar-refractivity contribution in [2.75, 3.05) is 43.4 Å². The molecular weight excluding hydrogens is 504 g/mol. The summed E-state index contributed by atoms with van der Waals surface area (Å²) in [7, 11) is 1.94. The van der Waals surface area contributed by atoms with Gasteiger partial charge in [-0.15, -0.1) is 0 Å². The van der Waals surface area contributed by atoms with E-state index in [2.05, 4.69) is 25.2 Å². The van der Waals surface area contributed by atoms with Crippen molar-refractivity contribution in [3.8, 4) is 0 Å². The van der Waals surface area contributed by atoms with Gasteiger partial charge in [0.25, 0.3) is 0 Å². The zero-order valence-electron chi connectivity index (χ0n) is 18.6. The highest BCUT2D eigenvalue weighted by molar-refractivity contribution is 6.39. The van der Waals surface area contributed by atoms with Crippen LogP contribution in [0, 0.1) is 0 Å². The van der Waals surface area contributed by atoms with Gasteiger partial charge in [0.1, 0.15) is 11.6 Å². The summed E-state index contributed by atoms with van der Waals surface area (Å²) < 4.78 is 40.6. The fourth-order valence-electron chi connectivity index (χ4n) is 3.61. The van der Waals surface area contributed by atoms with Crippen LogP contribution >= 0.6 is 23.2 Å². The van der Waals surface area contributed by atoms with E-state index in [0.717, 1.165) is 6.07 Å². The summed E-state index contributed by atoms with van der Waals surface area (Å²) >= 11 is 12.2. The third-order valence-electron chi connectivity index (χ3n) is 5.48. The van der Waals surface area contributed by atoms with Gasteiger partial charge in [0.15, 0.2) is 11.5 Å². The van der Waals surface area contributed by atoms with Crippen LogP contribution in [0.1, 0.15) is 21.6 Å². The Hall–Kier alpha value is -2.95. The molecule has 3 heterocycles. The van der Waals surface area contributed by atoms with Gasteiger partial charge in [-0.25, -0.2) is 9.97 Å². The van der Waals surface area contributed by atoms with Gasteiger partial charge in [-0.2, -0.15) is 18.2 Å². The van der Waals surface area contributed by atoms with Gasteiger partial charge < -0.3 is 15.1 Å². The third kappa shape index (κ3) is 6.19. The molecule has 0 radical (unpaired) electrons. The highest BCUT2D eigenvalue weighted by Crippen LogP contribution is 2.31. The second-order valence-electron chi connectivity index (χ2n) is 8.10. The van der Waals surface area contributed by atoms with Crippen LogP contribution in [0.3, 0.4) is 0 Å². The van der Waals surface area contributed by atoms with Crippen LogP contribution in [0.4, 0.5) is 30.8 Å². The number of halogens is 5. The van der Waals surface area contributed by atoms with E-state index in [1.165, 1.54) is 6.20 Å². The SMILES string of the molecule is CN1CCN(c2nc(Nc3cc(CC(=O)c4c(Cl)cccc4Cl)ccn3)cc(C(F)(F)F)n2)CC1. The minimum absolute atomic E-state index is 0.00452. The molecular formula is C23H21Cl2F3N6O. The first-order valence-corrected chi connectivity index (χ1v) is 11.4. The molecule has 184 valence electrons. The highest BCUT2D eigenvalue weighted by Gasteiger charge is 2.34. The quantitative estimate of drug-likeness (QED) is 0.448. The molecule has 35 heavy (non-hydrogen) atoms. The topological polar surface area (TPSA) is 74.2 Å². The number of benzene rings is 1. The molecule has 1 fully saturated rings. The highest BCUT2D eigenvalue weighted by atomic mass is 35.5. The van der Waals surface area contributed by atoms with E-state index in [1.54, 1.807) is 35.2 Å². The fraction of sp³-hybridized carbons (Fsp3) is 0.304. The molecule has 12 heteroatoms. The molecule has 0 atom stereocenters. The number of pyridine rings is 1. The number of aromatic nitrogens is 3. The molecule has 1 aromatic carbocycles. The Labute approximate surface area is 209 Å². The number of ketones is 1. The number of hydrogen-bond acceptors (Lipinski definition) is 7. The summed E-state index contributed by atoms with van der Waals surface area (Å²) in [5, 5.41) is 3.30. The van der Waals surface area contributed by atoms with Crippen LogP contribution in [0.15, 0.2) is 42.6 Å². The van der Waals surface area contributed by atoms with Crippen LogP contribution in [-0.2, 0) is 12.6 Å². The van der Waals surface area contributed by atoms with Crippen LogP contribution in [0.2, 0.25) is 10.0 Å². The lowest BCUT2D eigenvalue weighted by Crippen LogP contribution is -2.45. The van der Waals surface area contributed by atoms with E-state index in [4.69, 9.17) is 23.2 Å². The molecule has 0 unspecified atom stereocenters. The Morgan fingerprint density at radius 2 is 1.71 bits per heavy atom. The average molecular weight is 525 g/mol. The maximum absolute atomic E-state index is 13.5. The Kier molecular flexibility index (Phi) is 7.44. The van der Waals surface area contributed by atoms with Crippen molar-refractivity contribution in [2.24, 2.45) is 0 Å². The second-order valence-corrected chi connectivity index (χ2v) is 8.91. The first-order chi connectivity index (χ1) is 16.6. The van der Waals surface area contributed by atoms with E-state index >= 15 is 0 Å². The number of alkyl halides is 3. The van der Waals surface area contributed by atoms with Crippen LogP contribution in [0.5, 0.6) is 0 Å². The summed E-state index contributed by atoms with van der Waals surface area (Å²) in [5.74, 6) is -0.116. The number of Topliss-reactive ketones (excluding diaryl/α,β-unsaturated/α-hetero) is 1. The van der Waals surface area contributed by atoms with Crippen LogP contribution < -0.4 is 10.2 Å². The molecule has 0 bridgehead atoms. The van der Waals surface area contributed by atoms with Crippen molar-refractivity contribution in [3.63, 3.8) is 0 Å². The molecule has 0 amide bonds. The van der Waals surface area contributed by atoms with E-state index in [0.29, 0.717) is 31.7 Å². The first-order valence-electron chi connectivity index (χ1n) is 10.7. The van der Waals surface area contributed by atoms with Crippen molar-refractivity contribution in [1.82, 2.24) is 19.9 Å². The average Bonchev–Trinajstić information content (AvgIpc) is 2.79. The molecule has 1 saturated heterocycles. The number of anilines is 3. The van der Waals surface area contributed by atoms with Crippen molar-refractivity contribution in [2.45, 2.75) is 12.6 Å². The Bertz CT molecular complexity index is 1210. The number of carbonyl (C=O) groups excluding carboxylic acids is 1. The molecule has 7 nitrogen and oxygen atoms in total. The smallest absolute Gasteiger partial charge is 0.338 e. The lowest BCUT2D eigenvalue weighted by atomic mass is 10.0. The lowest BCUT2D eigenvalue weighted by molar-refractivity contribution is -0.141. The zero-order chi connectivity index (χ0) is 25.2. The van der Waals surface area contributed by atoms with Gasteiger partial charge >= 0.3 is 6.18 Å². The van der Waals surface area contributed by atoms with Gasteiger partial charge in [0, 0.05) is 44.9 Å². The summed E-state index contributed by atoms with van der Waals surface area (Å²) in [6.45, 7) is 2.40. The number of rotatable bonds is 6. The minimum Gasteiger partial charge on any atom is -0.338 e. The summed E-state index contributed by atoms with van der Waals surface area (Å²) in [6, 6.07) is 8.82. The maximum Gasteiger partial charge on any atom is 0.433 e. The predicted octanol–water partition coefficient (Wildman–Crippen LogP) is 5.12. The molecule has 4 rings (SSSR count). The monoisotopic (exact) mass is 524 g/mol. The van der Waals surface area contributed by atoms with Crippen molar-refractivity contribution < 1.29 is 18.0 Å². The van der Waals surface area contributed by atoms with Crippen molar-refractivity contribution >= 4 is 46.6 Å². The number of likely N-dealkylation sites (N-methyl/N-ethyl adjacent to an activating group) is 1. The molecule has 0 saturated carbocycles. The van der Waals surface area contributed by atoms with Crippen LogP contribution in [0.25, 0.3) is 0 Å². The molecule has 0 aliphatic carbocycles. The lowest BCUT2D eigenvalue weighted by Gasteiger charge is -2.32. The fourth-order valence-corrected chi connectivity index (χ4v) is 4.22. The van der Waals surface area contributed by atoms with Crippen LogP contribution in [-0.4, -0.2) is 58.9 Å². The van der Waals surface area contributed by atoms with Gasteiger partial charge in [0.05, 0.1) is 15.6 Å². The standard InChI is InChI=1S/C23H21Cl2F3N6O/c1-33-7-9-34(10-8-33)22-30-18(23(26,27)28)13-20(32-22)31-19-12-14(5-6-29-19)11-17(35)21-15(24)3-2-4-16(21)25/h2-6,12-13H,7-11H2,1H3,(H,29,30,31,32). The number of hydrogen-bond donors (Lipinski definition) is 1. The predicted molar refractivity (Wildman–Crippen MR) is 129 cm³/mol. The number of nitrogens with one attached hydrogen (secondary N) is 1. The van der Waals surface area contributed by atoms with Gasteiger partial charge in [-0.1, -0.05) is 29.3 Å². The molecule has 0 spiro atoms. The second kappa shape index (κ2) is 10.3. The van der Waals surface area contributed by atoms with Crippen molar-refractivity contribution in [1.29, 1.82) is 0 Å². The Balaban J connectivity index is 1.57. The largest absolute Gasteiger partial charge is 0.433 e. The number of carbonyl (C=O) groups is 1. The molecule has 3 aromatic rings. The van der Waals surface area contributed by atoms with Gasteiger partial charge in [0.2, 0.25) is 5.95 Å². The van der Waals surface area contributed by atoms with E-state index in [-0.39, 0.29) is 45.4 Å².